The average Bonchev–Trinajstić information content (AvgIpc) is 2.80. The van der Waals surface area contributed by atoms with Gasteiger partial charge in [-0.1, -0.05) is 18.2 Å². The summed E-state index contributed by atoms with van der Waals surface area (Å²) in [4.78, 5) is 2.50. The topological polar surface area (TPSA) is 28.4 Å². The number of nitrogens with one attached hydrogen (secondary N) is 1. The Morgan fingerprint density at radius 2 is 1.89 bits per heavy atom. The van der Waals surface area contributed by atoms with Gasteiger partial charge in [-0.2, -0.15) is 0 Å². The number of piperazine rings is 1. The highest BCUT2D eigenvalue weighted by Crippen LogP contribution is 2.28. The molecule has 1 fully saturated rings. The van der Waals surface area contributed by atoms with Gasteiger partial charge in [0.15, 0.2) is 0 Å². The van der Waals surface area contributed by atoms with Crippen LogP contribution >= 0.6 is 0 Å². The summed E-state index contributed by atoms with van der Waals surface area (Å²) in [6.07, 6.45) is 0. The molecule has 1 saturated heterocycles. The van der Waals surface area contributed by atoms with E-state index in [9.17, 15) is 0 Å². The van der Waals surface area contributed by atoms with E-state index in [2.05, 4.69) is 49.2 Å². The predicted molar refractivity (Wildman–Crippen MR) is 78.3 cm³/mol. The Balaban J connectivity index is 1.84. The number of nitrogens with zero attached hydrogens (tertiary/aromatic N) is 1. The molecule has 1 aromatic carbocycles. The van der Waals surface area contributed by atoms with Crippen LogP contribution in [0.25, 0.3) is 11.0 Å². The van der Waals surface area contributed by atoms with E-state index in [1.54, 1.807) is 0 Å². The second-order valence-electron chi connectivity index (χ2n) is 5.79. The number of hydrogen-bond donors (Lipinski definition) is 1. The van der Waals surface area contributed by atoms with Crippen molar-refractivity contribution in [3.8, 4) is 0 Å². The van der Waals surface area contributed by atoms with E-state index in [1.807, 2.05) is 12.1 Å². The van der Waals surface area contributed by atoms with Crippen LogP contribution in [-0.4, -0.2) is 30.1 Å². The molecule has 0 saturated carbocycles. The molecule has 0 radical (unpaired) electrons. The largest absolute Gasteiger partial charge is 0.459 e. The number of para-hydroxylation sites is 1. The minimum Gasteiger partial charge on any atom is -0.459 e. The third kappa shape index (κ3) is 2.53. The van der Waals surface area contributed by atoms with Gasteiger partial charge in [0.25, 0.3) is 0 Å². The van der Waals surface area contributed by atoms with Crippen molar-refractivity contribution in [3.63, 3.8) is 0 Å². The molecule has 0 bridgehead atoms. The molecule has 3 rings (SSSR count). The van der Waals surface area contributed by atoms with Gasteiger partial charge >= 0.3 is 0 Å². The molecule has 3 atom stereocenters. The Bertz CT molecular complexity index is 520. The maximum absolute atomic E-state index is 5.99. The highest BCUT2D eigenvalue weighted by atomic mass is 16.3. The standard InChI is InChI=1S/C16H22N2O/c1-11-9-18(10-12(2)17-11)13(3)16-8-14-6-4-5-7-15(14)19-16/h4-8,11-13,17H,9-10H2,1-3H3. The molecule has 2 heterocycles. The molecule has 19 heavy (non-hydrogen) atoms. The summed E-state index contributed by atoms with van der Waals surface area (Å²) in [5.74, 6) is 1.07. The molecular weight excluding hydrogens is 236 g/mol. The van der Waals surface area contributed by atoms with Gasteiger partial charge in [-0.05, 0) is 32.9 Å². The van der Waals surface area contributed by atoms with E-state index in [4.69, 9.17) is 4.42 Å². The van der Waals surface area contributed by atoms with Crippen molar-refractivity contribution in [2.24, 2.45) is 0 Å². The third-order valence-electron chi connectivity index (χ3n) is 3.99. The van der Waals surface area contributed by atoms with E-state index in [0.717, 1.165) is 24.4 Å². The van der Waals surface area contributed by atoms with Gasteiger partial charge in [-0.25, -0.2) is 0 Å². The van der Waals surface area contributed by atoms with Crippen LogP contribution in [0.1, 0.15) is 32.6 Å². The van der Waals surface area contributed by atoms with Crippen LogP contribution in [0.3, 0.4) is 0 Å². The fraction of sp³-hybridized carbons (Fsp3) is 0.500. The van der Waals surface area contributed by atoms with Gasteiger partial charge < -0.3 is 9.73 Å². The van der Waals surface area contributed by atoms with Gasteiger partial charge in [0.1, 0.15) is 11.3 Å². The van der Waals surface area contributed by atoms with Crippen molar-refractivity contribution in [1.29, 1.82) is 0 Å². The molecule has 1 aliphatic heterocycles. The second kappa shape index (κ2) is 4.99. The van der Waals surface area contributed by atoms with E-state index < -0.39 is 0 Å². The van der Waals surface area contributed by atoms with Crippen molar-refractivity contribution in [2.75, 3.05) is 13.1 Å². The SMILES string of the molecule is CC1CN(C(C)c2cc3ccccc3o2)CC(C)N1. The first-order chi connectivity index (χ1) is 9.13. The molecule has 1 aliphatic rings. The predicted octanol–water partition coefficient (Wildman–Crippen LogP) is 3.18. The summed E-state index contributed by atoms with van der Waals surface area (Å²) in [6, 6.07) is 11.8. The Morgan fingerprint density at radius 3 is 2.58 bits per heavy atom. The van der Waals surface area contributed by atoms with Crippen molar-refractivity contribution in [3.05, 3.63) is 36.1 Å². The summed E-state index contributed by atoms with van der Waals surface area (Å²) < 4.78 is 5.99. The van der Waals surface area contributed by atoms with Crippen molar-refractivity contribution < 1.29 is 4.42 Å². The number of fused-ring (bicyclic) bond motifs is 1. The first-order valence-electron chi connectivity index (χ1n) is 7.12. The first kappa shape index (κ1) is 12.7. The molecule has 0 aliphatic carbocycles. The zero-order valence-electron chi connectivity index (χ0n) is 11.9. The Labute approximate surface area is 114 Å². The average molecular weight is 258 g/mol. The zero-order valence-corrected chi connectivity index (χ0v) is 11.9. The molecule has 3 unspecified atom stereocenters. The molecular formula is C16H22N2O. The number of benzene rings is 1. The van der Waals surface area contributed by atoms with Crippen LogP contribution in [-0.2, 0) is 0 Å². The lowest BCUT2D eigenvalue weighted by Gasteiger charge is -2.38. The molecule has 1 aromatic heterocycles. The van der Waals surface area contributed by atoms with Gasteiger partial charge in [0.2, 0.25) is 0 Å². The monoisotopic (exact) mass is 258 g/mol. The summed E-state index contributed by atoms with van der Waals surface area (Å²) in [5.41, 5.74) is 0.987. The molecule has 102 valence electrons. The van der Waals surface area contributed by atoms with Gasteiger partial charge in [0.05, 0.1) is 6.04 Å². The smallest absolute Gasteiger partial charge is 0.134 e. The van der Waals surface area contributed by atoms with E-state index in [0.29, 0.717) is 18.1 Å². The highest BCUT2D eigenvalue weighted by molar-refractivity contribution is 5.77. The molecule has 1 N–H and O–H groups in total. The summed E-state index contributed by atoms with van der Waals surface area (Å²) >= 11 is 0. The Morgan fingerprint density at radius 1 is 1.21 bits per heavy atom. The van der Waals surface area contributed by atoms with Crippen molar-refractivity contribution in [1.82, 2.24) is 10.2 Å². The lowest BCUT2D eigenvalue weighted by Crippen LogP contribution is -2.54. The lowest BCUT2D eigenvalue weighted by molar-refractivity contribution is 0.120. The summed E-state index contributed by atoms with van der Waals surface area (Å²) in [6.45, 7) is 8.87. The first-order valence-corrected chi connectivity index (χ1v) is 7.12. The van der Waals surface area contributed by atoms with E-state index in [1.165, 1.54) is 5.39 Å². The molecule has 2 aromatic rings. The molecule has 0 amide bonds. The maximum atomic E-state index is 5.99. The highest BCUT2D eigenvalue weighted by Gasteiger charge is 2.27. The number of furan rings is 1. The van der Waals surface area contributed by atoms with Crippen molar-refractivity contribution >= 4 is 11.0 Å². The van der Waals surface area contributed by atoms with Gasteiger partial charge in [0, 0.05) is 30.6 Å². The lowest BCUT2D eigenvalue weighted by atomic mass is 10.1. The minimum absolute atomic E-state index is 0.333. The number of hydrogen-bond acceptors (Lipinski definition) is 3. The summed E-state index contributed by atoms with van der Waals surface area (Å²) in [5, 5.41) is 4.76. The second-order valence-corrected chi connectivity index (χ2v) is 5.79. The van der Waals surface area contributed by atoms with Gasteiger partial charge in [-0.3, -0.25) is 4.90 Å². The zero-order chi connectivity index (χ0) is 13.4. The van der Waals surface area contributed by atoms with Crippen LogP contribution < -0.4 is 5.32 Å². The van der Waals surface area contributed by atoms with Gasteiger partial charge in [-0.15, -0.1) is 0 Å². The third-order valence-corrected chi connectivity index (χ3v) is 3.99. The minimum atomic E-state index is 0.333. The van der Waals surface area contributed by atoms with Crippen LogP contribution in [0.4, 0.5) is 0 Å². The Hall–Kier alpha value is -1.32. The fourth-order valence-electron chi connectivity index (χ4n) is 3.07. The fourth-order valence-corrected chi connectivity index (χ4v) is 3.07. The normalized spacial score (nSPS) is 26.7. The molecule has 3 heteroatoms. The number of rotatable bonds is 2. The molecule has 0 spiro atoms. The van der Waals surface area contributed by atoms with E-state index in [-0.39, 0.29) is 0 Å². The van der Waals surface area contributed by atoms with Crippen molar-refractivity contribution in [2.45, 2.75) is 38.9 Å². The quantitative estimate of drug-likeness (QED) is 0.897. The van der Waals surface area contributed by atoms with Crippen LogP contribution in [0.15, 0.2) is 34.7 Å². The van der Waals surface area contributed by atoms with Crippen LogP contribution in [0, 0.1) is 0 Å². The van der Waals surface area contributed by atoms with Crippen LogP contribution in [0.5, 0.6) is 0 Å². The van der Waals surface area contributed by atoms with Crippen LogP contribution in [0.2, 0.25) is 0 Å². The Kier molecular flexibility index (Phi) is 3.33. The van der Waals surface area contributed by atoms with E-state index >= 15 is 0 Å². The maximum Gasteiger partial charge on any atom is 0.134 e. The summed E-state index contributed by atoms with van der Waals surface area (Å²) in [7, 11) is 0. The molecule has 3 nitrogen and oxygen atoms in total.